The summed E-state index contributed by atoms with van der Waals surface area (Å²) in [5.41, 5.74) is 4.25. The highest BCUT2D eigenvalue weighted by Crippen LogP contribution is 2.30. The first-order valence-electron chi connectivity index (χ1n) is 14.6. The second kappa shape index (κ2) is 13.6. The van der Waals surface area contributed by atoms with E-state index in [9.17, 15) is 19.5 Å². The first-order valence-corrected chi connectivity index (χ1v) is 14.6. The molecule has 0 radical (unpaired) electrons. The number of ether oxygens (including phenoxy) is 1. The van der Waals surface area contributed by atoms with Crippen LogP contribution in [0, 0.1) is 5.92 Å². The summed E-state index contributed by atoms with van der Waals surface area (Å²) in [5, 5.41) is 18.0. The van der Waals surface area contributed by atoms with E-state index in [0.29, 0.717) is 37.1 Å². The van der Waals surface area contributed by atoms with Crippen LogP contribution in [0.25, 0.3) is 17.0 Å². The third kappa shape index (κ3) is 7.61. The van der Waals surface area contributed by atoms with Crippen LogP contribution < -0.4 is 4.90 Å². The number of amides is 1. The Morgan fingerprint density at radius 2 is 1.84 bits per heavy atom. The van der Waals surface area contributed by atoms with Crippen LogP contribution >= 0.6 is 0 Å². The van der Waals surface area contributed by atoms with E-state index < -0.39 is 5.97 Å². The van der Waals surface area contributed by atoms with E-state index in [4.69, 9.17) is 4.74 Å². The maximum absolute atomic E-state index is 13.8. The first kappa shape index (κ1) is 29.8. The lowest BCUT2D eigenvalue weighted by Crippen LogP contribution is -2.38. The molecule has 0 bridgehead atoms. The van der Waals surface area contributed by atoms with E-state index in [1.54, 1.807) is 43.3 Å². The number of anilines is 1. The fourth-order valence-electron chi connectivity index (χ4n) is 5.38. The van der Waals surface area contributed by atoms with Gasteiger partial charge in [-0.05, 0) is 80.5 Å². The van der Waals surface area contributed by atoms with Gasteiger partial charge >= 0.3 is 5.97 Å². The number of esters is 1. The lowest BCUT2D eigenvalue weighted by molar-refractivity contribution is -0.141. The Balaban J connectivity index is 1.35. The van der Waals surface area contributed by atoms with Crippen LogP contribution in [0.2, 0.25) is 0 Å². The quantitative estimate of drug-likeness (QED) is 0.146. The van der Waals surface area contributed by atoms with Crippen LogP contribution in [0.1, 0.15) is 66.7 Å². The van der Waals surface area contributed by atoms with Crippen LogP contribution in [-0.2, 0) is 27.3 Å². The van der Waals surface area contributed by atoms with Crippen molar-refractivity contribution in [3.63, 3.8) is 0 Å². The average Bonchev–Trinajstić information content (AvgIpc) is 3.49. The van der Waals surface area contributed by atoms with Gasteiger partial charge in [0.25, 0.3) is 0 Å². The van der Waals surface area contributed by atoms with Crippen molar-refractivity contribution < 1.29 is 24.2 Å². The molecule has 4 aromatic rings. The molecule has 0 unspecified atom stereocenters. The molecule has 1 amide bonds. The van der Waals surface area contributed by atoms with Gasteiger partial charge < -0.3 is 14.7 Å². The molecule has 0 spiro atoms. The maximum atomic E-state index is 13.8. The number of carbonyl (C=O) groups is 3. The molecule has 2 heterocycles. The predicted octanol–water partition coefficient (Wildman–Crippen LogP) is 5.43. The minimum Gasteiger partial charge on any atom is -0.460 e. The number of aromatic nitrogens is 3. The number of hydrogen-bond acceptors (Lipinski definition) is 7. The minimum absolute atomic E-state index is 0.0277. The highest BCUT2D eigenvalue weighted by atomic mass is 16.5. The summed E-state index contributed by atoms with van der Waals surface area (Å²) in [7, 11) is 0. The Labute approximate surface area is 250 Å². The molecule has 9 nitrogen and oxygen atoms in total. The number of nitrogens with zero attached hydrogens (tertiary/aromatic N) is 3. The highest BCUT2D eigenvalue weighted by Gasteiger charge is 2.30. The largest absolute Gasteiger partial charge is 0.460 e. The number of aliphatic hydroxyl groups is 1. The maximum Gasteiger partial charge on any atom is 0.331 e. The molecular weight excluding hydrogens is 544 g/mol. The lowest BCUT2D eigenvalue weighted by Gasteiger charge is -2.31. The molecule has 1 saturated carbocycles. The van der Waals surface area contributed by atoms with Gasteiger partial charge in [-0.15, -0.1) is 0 Å². The van der Waals surface area contributed by atoms with Crippen LogP contribution in [0.15, 0.2) is 73.1 Å². The van der Waals surface area contributed by atoms with Crippen molar-refractivity contribution in [1.82, 2.24) is 15.2 Å². The molecule has 1 fully saturated rings. The van der Waals surface area contributed by atoms with Gasteiger partial charge in [0.05, 0.1) is 30.5 Å². The number of nitrogens with one attached hydrogen (secondary N) is 1. The molecule has 0 atom stereocenters. The van der Waals surface area contributed by atoms with Gasteiger partial charge in [0.2, 0.25) is 5.91 Å². The second-order valence-electron chi connectivity index (χ2n) is 11.2. The molecule has 0 saturated heterocycles. The monoisotopic (exact) mass is 580 g/mol. The van der Waals surface area contributed by atoms with Gasteiger partial charge in [0.1, 0.15) is 5.69 Å². The van der Waals surface area contributed by atoms with E-state index in [1.807, 2.05) is 48.5 Å². The zero-order valence-electron chi connectivity index (χ0n) is 24.4. The Morgan fingerprint density at radius 3 is 2.58 bits per heavy atom. The summed E-state index contributed by atoms with van der Waals surface area (Å²) in [5.74, 6) is -0.781. The van der Waals surface area contributed by atoms with E-state index in [0.717, 1.165) is 27.6 Å². The molecule has 9 heteroatoms. The van der Waals surface area contributed by atoms with Crippen molar-refractivity contribution in [3.8, 4) is 0 Å². The molecule has 0 aliphatic heterocycles. The van der Waals surface area contributed by atoms with Gasteiger partial charge in [-0.1, -0.05) is 36.4 Å². The van der Waals surface area contributed by atoms with E-state index in [1.165, 1.54) is 6.08 Å². The number of carbonyl (C=O) groups excluding carboxylic acids is 3. The summed E-state index contributed by atoms with van der Waals surface area (Å²) in [4.78, 5) is 45.1. The fourth-order valence-corrected chi connectivity index (χ4v) is 5.38. The number of fused-ring (bicyclic) bond motifs is 1. The number of rotatable bonds is 10. The summed E-state index contributed by atoms with van der Waals surface area (Å²) in [6.45, 7) is 3.84. The molecule has 2 aromatic carbocycles. The molecule has 2 N–H and O–H groups in total. The van der Waals surface area contributed by atoms with Crippen molar-refractivity contribution in [3.05, 3.63) is 95.5 Å². The number of aliphatic hydroxyl groups excluding tert-OH is 1. The minimum atomic E-state index is -0.434. The Morgan fingerprint density at radius 1 is 1.05 bits per heavy atom. The van der Waals surface area contributed by atoms with Crippen molar-refractivity contribution >= 4 is 40.3 Å². The van der Waals surface area contributed by atoms with Gasteiger partial charge in [-0.25, -0.2) is 4.79 Å². The van der Waals surface area contributed by atoms with Crippen molar-refractivity contribution in [2.75, 3.05) is 4.90 Å². The third-order valence-electron chi connectivity index (χ3n) is 7.62. The van der Waals surface area contributed by atoms with Crippen LogP contribution in [0.4, 0.5) is 5.69 Å². The molecule has 43 heavy (non-hydrogen) atoms. The number of Topliss-reactive ketones (excluding diaryl/α,β-unsaturated/α-hetero) is 1. The molecule has 1 aliphatic carbocycles. The molecule has 1 aliphatic rings. The number of pyridine rings is 1. The van der Waals surface area contributed by atoms with Gasteiger partial charge in [-0.3, -0.25) is 19.7 Å². The molecule has 222 valence electrons. The number of para-hydroxylation sites is 1. The number of benzene rings is 2. The number of hydrogen-bond donors (Lipinski definition) is 2. The summed E-state index contributed by atoms with van der Waals surface area (Å²) < 4.78 is 5.18. The molecular formula is C34H36N4O5. The van der Waals surface area contributed by atoms with Gasteiger partial charge in [-0.2, -0.15) is 5.10 Å². The Bertz CT molecular complexity index is 1620. The number of H-pyrrole nitrogens is 1. The third-order valence-corrected chi connectivity index (χ3v) is 7.62. The smallest absolute Gasteiger partial charge is 0.331 e. The van der Waals surface area contributed by atoms with Crippen LogP contribution in [0.5, 0.6) is 0 Å². The lowest BCUT2D eigenvalue weighted by atomic mass is 9.86. The molecule has 2 aromatic heterocycles. The van der Waals surface area contributed by atoms with Crippen molar-refractivity contribution in [2.45, 2.75) is 64.7 Å². The normalized spacial score (nSPS) is 16.9. The zero-order valence-corrected chi connectivity index (χ0v) is 24.4. The zero-order chi connectivity index (χ0) is 30.3. The standard InChI is InChI=1S/C34H36N4O5/c1-22(2)43-32(41)16-10-23-5-3-8-28(17-23)38(34(42)25-11-13-29(39)14-12-25)21-24-9-15-30(35-19-24)31(40)18-26-6-4-7-27-20-36-37-33(26)27/h3-10,15-17,19-20,22,25,29,39H,11-14,18,21H2,1-2H3,(H,36,37)/b16-10+. The number of ketones is 1. The van der Waals surface area contributed by atoms with Gasteiger partial charge in [0.15, 0.2) is 5.78 Å². The summed E-state index contributed by atoms with van der Waals surface area (Å²) in [6, 6.07) is 16.7. The Hall–Kier alpha value is -4.63. The Kier molecular flexibility index (Phi) is 9.41. The summed E-state index contributed by atoms with van der Waals surface area (Å²) in [6.07, 6.45) is 8.43. The number of aromatic amines is 1. The predicted molar refractivity (Wildman–Crippen MR) is 164 cm³/mol. The van der Waals surface area contributed by atoms with Crippen LogP contribution in [0.3, 0.4) is 0 Å². The SMILES string of the molecule is CC(C)OC(=O)/C=C/c1cccc(N(Cc2ccc(C(=O)Cc3cccc4cn[nH]c34)nc2)C(=O)C2CCC(O)CC2)c1. The van der Waals surface area contributed by atoms with Gasteiger partial charge in [0, 0.05) is 35.7 Å². The summed E-state index contributed by atoms with van der Waals surface area (Å²) >= 11 is 0. The second-order valence-corrected chi connectivity index (χ2v) is 11.2. The van der Waals surface area contributed by atoms with Crippen molar-refractivity contribution in [1.29, 1.82) is 0 Å². The van der Waals surface area contributed by atoms with Crippen molar-refractivity contribution in [2.24, 2.45) is 5.92 Å². The topological polar surface area (TPSA) is 125 Å². The van der Waals surface area contributed by atoms with E-state index in [-0.39, 0.29) is 42.8 Å². The van der Waals surface area contributed by atoms with Crippen LogP contribution in [-0.4, -0.2) is 50.2 Å². The fraction of sp³-hybridized carbons (Fsp3) is 0.324. The average molecular weight is 581 g/mol. The first-order chi connectivity index (χ1) is 20.8. The van der Waals surface area contributed by atoms with E-state index >= 15 is 0 Å². The van der Waals surface area contributed by atoms with E-state index in [2.05, 4.69) is 15.2 Å². The molecule has 5 rings (SSSR count). The highest BCUT2D eigenvalue weighted by molar-refractivity contribution is 5.98.